The molecule has 1 atom stereocenters. The summed E-state index contributed by atoms with van der Waals surface area (Å²) in [6.45, 7) is 13.4. The van der Waals surface area contributed by atoms with Gasteiger partial charge in [0.05, 0.1) is 24.3 Å². The molecule has 0 spiro atoms. The Morgan fingerprint density at radius 3 is 2.97 bits per heavy atom. The van der Waals surface area contributed by atoms with Crippen molar-refractivity contribution in [1.82, 2.24) is 24.6 Å². The highest BCUT2D eigenvalue weighted by atomic mass is 16.5. The van der Waals surface area contributed by atoms with Crippen LogP contribution in [0.5, 0.6) is 11.6 Å². The fraction of sp³-hybridized carbons (Fsp3) is 0.364. The first-order valence-corrected chi connectivity index (χ1v) is 9.93. The Hall–Kier alpha value is -3.44. The van der Waals surface area contributed by atoms with Gasteiger partial charge in [-0.2, -0.15) is 5.10 Å². The number of aromatic nitrogens is 4. The number of anilines is 1. The van der Waals surface area contributed by atoms with Crippen LogP contribution in [-0.4, -0.2) is 44.8 Å². The number of nitrogens with zero attached hydrogens (tertiary/aromatic N) is 6. The molecule has 0 saturated heterocycles. The summed E-state index contributed by atoms with van der Waals surface area (Å²) in [5, 5.41) is 4.26. The van der Waals surface area contributed by atoms with E-state index >= 15 is 0 Å². The molecular weight excluding hydrogens is 378 g/mol. The molecule has 1 aliphatic heterocycles. The van der Waals surface area contributed by atoms with Crippen LogP contribution in [0, 0.1) is 13.5 Å². The van der Waals surface area contributed by atoms with Gasteiger partial charge in [-0.05, 0) is 56.1 Å². The maximum absolute atomic E-state index is 7.00. The number of hydrogen-bond acceptors (Lipinski definition) is 6. The zero-order valence-electron chi connectivity index (χ0n) is 17.5. The van der Waals surface area contributed by atoms with Gasteiger partial charge < -0.3 is 20.2 Å². The molecule has 1 aromatic carbocycles. The molecule has 30 heavy (non-hydrogen) atoms. The molecule has 0 fully saturated rings. The number of aryl methyl sites for hydroxylation is 1. The molecule has 3 heterocycles. The molecule has 154 valence electrons. The molecule has 2 aromatic heterocycles. The minimum atomic E-state index is -0.0359. The summed E-state index contributed by atoms with van der Waals surface area (Å²) in [4.78, 5) is 14.7. The standard InChI is InChI=1S/C22H25N7O/c1-14-7-16(8-17-12-28(4)6-5-19(14)17)20-11-25-21(23)22(27-20)30-18-10-26-29(13-18)15(2)9-24-3/h7-8,10-11,13,15H,5-6,9,12H2,1-2,4H3,(H2,23,25). The van der Waals surface area contributed by atoms with Crippen molar-refractivity contribution in [2.45, 2.75) is 32.9 Å². The SMILES string of the molecule is [C-]#[N+]CC(C)n1cc(Oc2nc(-c3cc(C)c4c(c3)CN(C)CC4)cnc2N)cn1. The number of likely N-dealkylation sites (N-methyl/N-ethyl adjacent to an activating group) is 1. The number of hydrogen-bond donors (Lipinski definition) is 1. The number of benzene rings is 1. The van der Waals surface area contributed by atoms with E-state index < -0.39 is 0 Å². The highest BCUT2D eigenvalue weighted by molar-refractivity contribution is 5.64. The molecule has 2 N–H and O–H groups in total. The lowest BCUT2D eigenvalue weighted by atomic mass is 9.92. The van der Waals surface area contributed by atoms with E-state index in [-0.39, 0.29) is 17.7 Å². The summed E-state index contributed by atoms with van der Waals surface area (Å²) in [5.41, 5.74) is 11.8. The van der Waals surface area contributed by atoms with Gasteiger partial charge in [-0.1, -0.05) is 0 Å². The minimum Gasteiger partial charge on any atom is -0.433 e. The van der Waals surface area contributed by atoms with Gasteiger partial charge in [-0.25, -0.2) is 16.5 Å². The summed E-state index contributed by atoms with van der Waals surface area (Å²) in [7, 11) is 2.14. The lowest BCUT2D eigenvalue weighted by Crippen LogP contribution is -2.27. The normalized spacial score (nSPS) is 14.7. The van der Waals surface area contributed by atoms with Crippen LogP contribution in [0.4, 0.5) is 5.82 Å². The lowest BCUT2D eigenvalue weighted by Gasteiger charge is -2.27. The van der Waals surface area contributed by atoms with Crippen molar-refractivity contribution < 1.29 is 4.74 Å². The largest absolute Gasteiger partial charge is 0.433 e. The van der Waals surface area contributed by atoms with Gasteiger partial charge in [0.1, 0.15) is 6.04 Å². The summed E-state index contributed by atoms with van der Waals surface area (Å²) in [5.74, 6) is 0.973. The second kappa shape index (κ2) is 8.13. The molecule has 8 nitrogen and oxygen atoms in total. The number of ether oxygens (including phenoxy) is 1. The third-order valence-electron chi connectivity index (χ3n) is 5.41. The summed E-state index contributed by atoms with van der Waals surface area (Å²) >= 11 is 0. The van der Waals surface area contributed by atoms with Gasteiger partial charge in [0.15, 0.2) is 11.6 Å². The fourth-order valence-electron chi connectivity index (χ4n) is 3.75. The summed E-state index contributed by atoms with van der Waals surface area (Å²) < 4.78 is 7.57. The Morgan fingerprint density at radius 1 is 1.33 bits per heavy atom. The highest BCUT2D eigenvalue weighted by Gasteiger charge is 2.18. The Balaban J connectivity index is 1.62. The second-order valence-electron chi connectivity index (χ2n) is 7.81. The predicted octanol–water partition coefficient (Wildman–Crippen LogP) is 3.49. The third kappa shape index (κ3) is 3.98. The molecule has 0 saturated carbocycles. The van der Waals surface area contributed by atoms with Crippen molar-refractivity contribution in [3.63, 3.8) is 0 Å². The molecule has 1 aliphatic rings. The van der Waals surface area contributed by atoms with Crippen LogP contribution in [-0.2, 0) is 13.0 Å². The second-order valence-corrected chi connectivity index (χ2v) is 7.81. The first-order valence-electron chi connectivity index (χ1n) is 9.93. The van der Waals surface area contributed by atoms with Gasteiger partial charge in [-0.3, -0.25) is 4.68 Å². The Labute approximate surface area is 176 Å². The molecule has 0 bridgehead atoms. The van der Waals surface area contributed by atoms with Crippen LogP contribution in [0.3, 0.4) is 0 Å². The highest BCUT2D eigenvalue weighted by Crippen LogP contribution is 2.31. The molecule has 0 radical (unpaired) electrons. The molecule has 8 heteroatoms. The van der Waals surface area contributed by atoms with E-state index in [1.54, 1.807) is 23.3 Å². The Kier molecular flexibility index (Phi) is 5.38. The quantitative estimate of drug-likeness (QED) is 0.656. The van der Waals surface area contributed by atoms with Crippen molar-refractivity contribution >= 4 is 5.82 Å². The smallest absolute Gasteiger partial charge is 0.263 e. The van der Waals surface area contributed by atoms with Crippen molar-refractivity contribution in [3.05, 3.63) is 58.8 Å². The van der Waals surface area contributed by atoms with Gasteiger partial charge in [0, 0.05) is 18.7 Å². The van der Waals surface area contributed by atoms with Gasteiger partial charge in [-0.15, -0.1) is 0 Å². The zero-order valence-corrected chi connectivity index (χ0v) is 17.5. The average molecular weight is 403 g/mol. The minimum absolute atomic E-state index is 0.0359. The van der Waals surface area contributed by atoms with E-state index in [4.69, 9.17) is 17.0 Å². The van der Waals surface area contributed by atoms with E-state index in [1.807, 2.05) is 6.92 Å². The van der Waals surface area contributed by atoms with Crippen LogP contribution in [0.1, 0.15) is 29.7 Å². The Bertz CT molecular complexity index is 1120. The van der Waals surface area contributed by atoms with E-state index in [0.717, 1.165) is 25.1 Å². The third-order valence-corrected chi connectivity index (χ3v) is 5.41. The average Bonchev–Trinajstić information content (AvgIpc) is 3.18. The van der Waals surface area contributed by atoms with Gasteiger partial charge in [0.25, 0.3) is 5.88 Å². The fourth-order valence-corrected chi connectivity index (χ4v) is 3.75. The van der Waals surface area contributed by atoms with Crippen LogP contribution in [0.2, 0.25) is 0 Å². The number of nitrogen functional groups attached to an aromatic ring is 1. The summed E-state index contributed by atoms with van der Waals surface area (Å²) in [6, 6.07) is 4.30. The maximum Gasteiger partial charge on any atom is 0.263 e. The molecular formula is C22H25N7O. The molecule has 1 unspecified atom stereocenters. The maximum atomic E-state index is 7.00. The van der Waals surface area contributed by atoms with E-state index in [9.17, 15) is 0 Å². The zero-order chi connectivity index (χ0) is 21.3. The number of nitrogens with two attached hydrogens (primary N) is 1. The van der Waals surface area contributed by atoms with Crippen LogP contribution in [0.15, 0.2) is 30.7 Å². The monoisotopic (exact) mass is 403 g/mol. The van der Waals surface area contributed by atoms with Crippen LogP contribution in [0.25, 0.3) is 16.1 Å². The van der Waals surface area contributed by atoms with Crippen molar-refractivity contribution in [3.8, 4) is 22.9 Å². The van der Waals surface area contributed by atoms with Crippen LogP contribution >= 0.6 is 0 Å². The lowest BCUT2D eigenvalue weighted by molar-refractivity contribution is 0.312. The molecule has 0 amide bonds. The van der Waals surface area contributed by atoms with E-state index in [0.29, 0.717) is 18.0 Å². The molecule has 0 aliphatic carbocycles. The van der Waals surface area contributed by atoms with Crippen molar-refractivity contribution in [2.75, 3.05) is 25.9 Å². The van der Waals surface area contributed by atoms with Crippen LogP contribution < -0.4 is 10.5 Å². The first-order chi connectivity index (χ1) is 14.4. The van der Waals surface area contributed by atoms with Crippen molar-refractivity contribution in [1.29, 1.82) is 0 Å². The van der Waals surface area contributed by atoms with E-state index in [2.05, 4.69) is 50.9 Å². The van der Waals surface area contributed by atoms with Gasteiger partial charge >= 0.3 is 0 Å². The topological polar surface area (TPSA) is 86.5 Å². The Morgan fingerprint density at radius 2 is 2.17 bits per heavy atom. The van der Waals surface area contributed by atoms with Crippen molar-refractivity contribution in [2.24, 2.45) is 0 Å². The summed E-state index contributed by atoms with van der Waals surface area (Å²) in [6.07, 6.45) is 6.07. The van der Waals surface area contributed by atoms with E-state index in [1.165, 1.54) is 16.7 Å². The number of fused-ring (bicyclic) bond motifs is 1. The number of rotatable bonds is 5. The molecule has 3 aromatic rings. The predicted molar refractivity (Wildman–Crippen MR) is 115 cm³/mol. The van der Waals surface area contributed by atoms with Gasteiger partial charge in [0.2, 0.25) is 6.54 Å². The first kappa shape index (κ1) is 19.9. The molecule has 4 rings (SSSR count).